The molecule has 1 aromatic rings. The quantitative estimate of drug-likeness (QED) is 0.517. The molecule has 0 bridgehead atoms. The number of halogens is 1. The topological polar surface area (TPSA) is 49.7 Å². The molecule has 0 fully saturated rings. The van der Waals surface area contributed by atoms with Gasteiger partial charge in [0.2, 0.25) is 6.08 Å². The summed E-state index contributed by atoms with van der Waals surface area (Å²) in [4.78, 5) is 13.0. The van der Waals surface area contributed by atoms with Gasteiger partial charge in [0.05, 0.1) is 10.7 Å². The van der Waals surface area contributed by atoms with Crippen molar-refractivity contribution in [2.24, 2.45) is 4.99 Å². The molecule has 0 saturated carbocycles. The molecule has 0 unspecified atom stereocenters. The van der Waals surface area contributed by atoms with E-state index in [1.807, 2.05) is 0 Å². The monoisotopic (exact) mass is 169 g/mol. The summed E-state index contributed by atoms with van der Waals surface area (Å²) in [6.45, 7) is 0. The summed E-state index contributed by atoms with van der Waals surface area (Å²) in [7, 11) is 0. The fraction of sp³-hybridized carbons (Fsp3) is 0. The van der Waals surface area contributed by atoms with Crippen molar-refractivity contribution in [3.8, 4) is 5.75 Å². The van der Waals surface area contributed by atoms with Gasteiger partial charge in [-0.3, -0.25) is 0 Å². The summed E-state index contributed by atoms with van der Waals surface area (Å²) in [6.07, 6.45) is 1.35. The Bertz CT molecular complexity index is 318. The van der Waals surface area contributed by atoms with Crippen molar-refractivity contribution in [2.75, 3.05) is 0 Å². The first kappa shape index (κ1) is 7.79. The highest BCUT2D eigenvalue weighted by atomic mass is 35.5. The van der Waals surface area contributed by atoms with Crippen molar-refractivity contribution >= 4 is 23.4 Å². The zero-order valence-electron chi connectivity index (χ0n) is 5.41. The van der Waals surface area contributed by atoms with Crippen LogP contribution in [-0.2, 0) is 4.79 Å². The van der Waals surface area contributed by atoms with Gasteiger partial charge in [0.15, 0.2) is 0 Å². The number of rotatable bonds is 1. The third kappa shape index (κ3) is 1.80. The van der Waals surface area contributed by atoms with E-state index in [0.29, 0.717) is 5.69 Å². The van der Waals surface area contributed by atoms with Crippen molar-refractivity contribution in [1.82, 2.24) is 0 Å². The van der Waals surface area contributed by atoms with Crippen LogP contribution in [0.4, 0.5) is 5.69 Å². The molecule has 0 atom stereocenters. The van der Waals surface area contributed by atoms with Gasteiger partial charge >= 0.3 is 0 Å². The molecule has 0 aromatic heterocycles. The second-order valence-corrected chi connectivity index (χ2v) is 2.25. The molecule has 0 saturated heterocycles. The Morgan fingerprint density at radius 3 is 2.82 bits per heavy atom. The Morgan fingerprint density at radius 1 is 1.55 bits per heavy atom. The van der Waals surface area contributed by atoms with Crippen LogP contribution in [0.3, 0.4) is 0 Å². The fourth-order valence-electron chi connectivity index (χ4n) is 0.623. The Hall–Kier alpha value is -1.31. The molecule has 0 aliphatic carbocycles. The van der Waals surface area contributed by atoms with Gasteiger partial charge in [-0.2, -0.15) is 4.99 Å². The molecule has 0 spiro atoms. The second kappa shape index (κ2) is 3.19. The van der Waals surface area contributed by atoms with Crippen LogP contribution in [-0.4, -0.2) is 11.2 Å². The maximum absolute atomic E-state index is 9.76. The molecule has 0 aliphatic heterocycles. The van der Waals surface area contributed by atoms with Gasteiger partial charge in [-0.05, 0) is 12.1 Å². The van der Waals surface area contributed by atoms with E-state index in [1.54, 1.807) is 0 Å². The first-order chi connectivity index (χ1) is 5.24. The van der Waals surface area contributed by atoms with Gasteiger partial charge in [0.25, 0.3) is 0 Å². The number of phenols is 1. The van der Waals surface area contributed by atoms with Crippen molar-refractivity contribution in [3.63, 3.8) is 0 Å². The number of aliphatic imine (C=N–C) groups is 1. The summed E-state index contributed by atoms with van der Waals surface area (Å²) in [5.74, 6) is -0.0943. The molecule has 3 nitrogen and oxygen atoms in total. The Kier molecular flexibility index (Phi) is 2.26. The average molecular weight is 170 g/mol. The van der Waals surface area contributed by atoms with Crippen LogP contribution in [0.2, 0.25) is 5.02 Å². The zero-order chi connectivity index (χ0) is 8.27. The Morgan fingerprint density at radius 2 is 2.27 bits per heavy atom. The third-order valence-electron chi connectivity index (χ3n) is 1.10. The molecule has 0 radical (unpaired) electrons. The van der Waals surface area contributed by atoms with Gasteiger partial charge in [-0.25, -0.2) is 4.79 Å². The van der Waals surface area contributed by atoms with Gasteiger partial charge in [-0.1, -0.05) is 11.6 Å². The largest absolute Gasteiger partial charge is 0.506 e. The normalized spacial score (nSPS) is 8.82. The number of aromatic hydroxyl groups is 1. The van der Waals surface area contributed by atoms with E-state index >= 15 is 0 Å². The predicted molar refractivity (Wildman–Crippen MR) is 40.9 cm³/mol. The number of isocyanates is 1. The molecule has 1 aromatic carbocycles. The highest BCUT2D eigenvalue weighted by molar-refractivity contribution is 6.32. The van der Waals surface area contributed by atoms with E-state index in [2.05, 4.69) is 4.99 Å². The average Bonchev–Trinajstić information content (AvgIpc) is 1.98. The molecule has 0 amide bonds. The molecule has 4 heteroatoms. The van der Waals surface area contributed by atoms with Crippen LogP contribution in [0.5, 0.6) is 5.75 Å². The van der Waals surface area contributed by atoms with Crippen LogP contribution in [0.1, 0.15) is 0 Å². The van der Waals surface area contributed by atoms with Crippen LogP contribution in [0.25, 0.3) is 0 Å². The smallest absolute Gasteiger partial charge is 0.240 e. The number of nitrogens with zero attached hydrogens (tertiary/aromatic N) is 1. The molecular weight excluding hydrogens is 166 g/mol. The summed E-state index contributed by atoms with van der Waals surface area (Å²) < 4.78 is 0. The molecule has 56 valence electrons. The summed E-state index contributed by atoms with van der Waals surface area (Å²) in [5.41, 5.74) is 0.335. The highest BCUT2D eigenvalue weighted by Crippen LogP contribution is 2.27. The van der Waals surface area contributed by atoms with Crippen molar-refractivity contribution in [1.29, 1.82) is 0 Å². The van der Waals surface area contributed by atoms with E-state index in [9.17, 15) is 4.79 Å². The molecule has 0 aliphatic rings. The number of phenolic OH excluding ortho intramolecular Hbond substituents is 1. The summed E-state index contributed by atoms with van der Waals surface area (Å²) >= 11 is 5.49. The van der Waals surface area contributed by atoms with E-state index in [1.165, 1.54) is 24.3 Å². The Labute approximate surface area is 68.0 Å². The minimum atomic E-state index is -0.0943. The minimum absolute atomic E-state index is 0.0943. The lowest BCUT2D eigenvalue weighted by molar-refractivity contribution is 0.476. The van der Waals surface area contributed by atoms with Crippen molar-refractivity contribution in [2.45, 2.75) is 0 Å². The van der Waals surface area contributed by atoms with Crippen molar-refractivity contribution < 1.29 is 9.90 Å². The summed E-state index contributed by atoms with van der Waals surface area (Å²) in [5, 5.41) is 9.24. The van der Waals surface area contributed by atoms with Crippen LogP contribution in [0.15, 0.2) is 23.2 Å². The molecule has 1 N–H and O–H groups in total. The van der Waals surface area contributed by atoms with Crippen LogP contribution in [0, 0.1) is 0 Å². The SMILES string of the molecule is O=C=Nc1ccc(Cl)c(O)c1. The number of carbonyl (C=O) groups excluding carboxylic acids is 1. The van der Waals surface area contributed by atoms with E-state index in [-0.39, 0.29) is 10.8 Å². The maximum Gasteiger partial charge on any atom is 0.240 e. The lowest BCUT2D eigenvalue weighted by atomic mass is 10.3. The highest BCUT2D eigenvalue weighted by Gasteiger charge is 1.97. The first-order valence-electron chi connectivity index (χ1n) is 2.80. The molecule has 11 heavy (non-hydrogen) atoms. The van der Waals surface area contributed by atoms with Crippen molar-refractivity contribution in [3.05, 3.63) is 23.2 Å². The maximum atomic E-state index is 9.76. The zero-order valence-corrected chi connectivity index (χ0v) is 6.17. The Balaban J connectivity index is 3.14. The van der Waals surface area contributed by atoms with Gasteiger partial charge in [0.1, 0.15) is 5.75 Å². The second-order valence-electron chi connectivity index (χ2n) is 1.84. The summed E-state index contributed by atoms with van der Waals surface area (Å²) in [6, 6.07) is 4.24. The molecule has 0 heterocycles. The van der Waals surface area contributed by atoms with Crippen LogP contribution >= 0.6 is 11.6 Å². The lowest BCUT2D eigenvalue weighted by Gasteiger charge is -1.94. The standard InChI is InChI=1S/C7H4ClNO2/c8-6-2-1-5(9-4-10)3-7(6)11/h1-3,11H. The van der Waals surface area contributed by atoms with Crippen LogP contribution < -0.4 is 0 Å². The van der Waals surface area contributed by atoms with Gasteiger partial charge in [-0.15, -0.1) is 0 Å². The molecule has 1 rings (SSSR count). The fourth-order valence-corrected chi connectivity index (χ4v) is 0.741. The van der Waals surface area contributed by atoms with Gasteiger partial charge < -0.3 is 5.11 Å². The number of benzene rings is 1. The predicted octanol–water partition coefficient (Wildman–Crippen LogP) is 2.01. The third-order valence-corrected chi connectivity index (χ3v) is 1.42. The number of hydrogen-bond acceptors (Lipinski definition) is 3. The molecular formula is C7H4ClNO2. The minimum Gasteiger partial charge on any atom is -0.506 e. The van der Waals surface area contributed by atoms with E-state index < -0.39 is 0 Å². The lowest BCUT2D eigenvalue weighted by Crippen LogP contribution is -1.67. The first-order valence-corrected chi connectivity index (χ1v) is 3.18. The van der Waals surface area contributed by atoms with E-state index in [0.717, 1.165) is 0 Å². The van der Waals surface area contributed by atoms with Gasteiger partial charge in [0, 0.05) is 6.07 Å². The number of hydrogen-bond donors (Lipinski definition) is 1. The van der Waals surface area contributed by atoms with E-state index in [4.69, 9.17) is 16.7 Å².